The van der Waals surface area contributed by atoms with Gasteiger partial charge in [-0.05, 0) is 24.3 Å². The predicted molar refractivity (Wildman–Crippen MR) is 81.8 cm³/mol. The molecule has 3 aromatic rings. The number of aromatic nitrogens is 2. The molecular weight excluding hydrogens is 323 g/mol. The number of alkyl halides is 2. The summed E-state index contributed by atoms with van der Waals surface area (Å²) in [5, 5.41) is 2.76. The quantitative estimate of drug-likeness (QED) is 0.779. The van der Waals surface area contributed by atoms with Gasteiger partial charge in [-0.25, -0.2) is 9.37 Å². The highest BCUT2D eigenvalue weighted by Gasteiger charge is 2.14. The van der Waals surface area contributed by atoms with Crippen molar-refractivity contribution in [3.63, 3.8) is 0 Å². The van der Waals surface area contributed by atoms with E-state index in [0.29, 0.717) is 5.65 Å². The molecule has 5 nitrogen and oxygen atoms in total. The minimum absolute atomic E-state index is 0.0761. The second-order valence-electron chi connectivity index (χ2n) is 4.86. The van der Waals surface area contributed by atoms with Gasteiger partial charge in [-0.1, -0.05) is 12.1 Å². The van der Waals surface area contributed by atoms with E-state index in [1.54, 1.807) is 24.4 Å². The van der Waals surface area contributed by atoms with Gasteiger partial charge in [0, 0.05) is 24.4 Å². The van der Waals surface area contributed by atoms with Crippen LogP contribution >= 0.6 is 0 Å². The molecule has 0 radical (unpaired) electrons. The molecule has 2 heterocycles. The number of nitrogens with zero attached hydrogens (tertiary/aromatic N) is 2. The lowest BCUT2D eigenvalue weighted by molar-refractivity contribution is -0.0505. The third-order valence-electron chi connectivity index (χ3n) is 3.31. The van der Waals surface area contributed by atoms with Gasteiger partial charge in [-0.15, -0.1) is 0 Å². The van der Waals surface area contributed by atoms with Gasteiger partial charge in [-0.2, -0.15) is 8.78 Å². The summed E-state index contributed by atoms with van der Waals surface area (Å²) in [4.78, 5) is 16.2. The van der Waals surface area contributed by atoms with Gasteiger partial charge in [-0.3, -0.25) is 9.20 Å². The Labute approximate surface area is 134 Å². The highest BCUT2D eigenvalue weighted by Crippen LogP contribution is 2.24. The van der Waals surface area contributed by atoms with Crippen LogP contribution in [0.3, 0.4) is 0 Å². The molecule has 0 aliphatic carbocycles. The number of anilines is 1. The van der Waals surface area contributed by atoms with Crippen LogP contribution in [0.2, 0.25) is 0 Å². The van der Waals surface area contributed by atoms with Crippen LogP contribution in [-0.4, -0.2) is 16.0 Å². The van der Waals surface area contributed by atoms with Crippen LogP contribution in [-0.2, 0) is 6.54 Å². The first-order valence-electron chi connectivity index (χ1n) is 6.99. The van der Waals surface area contributed by atoms with Crippen LogP contribution in [0.1, 0.15) is 5.56 Å². The second-order valence-corrected chi connectivity index (χ2v) is 4.86. The summed E-state index contributed by atoms with van der Waals surface area (Å²) in [5.74, 6) is -0.759. The van der Waals surface area contributed by atoms with E-state index < -0.39 is 12.4 Å². The third-order valence-corrected chi connectivity index (χ3v) is 3.31. The Morgan fingerprint density at radius 1 is 1.21 bits per heavy atom. The van der Waals surface area contributed by atoms with Crippen LogP contribution in [0.15, 0.2) is 53.5 Å². The largest absolute Gasteiger partial charge is 0.434 e. The van der Waals surface area contributed by atoms with Gasteiger partial charge in [0.1, 0.15) is 23.0 Å². The molecule has 24 heavy (non-hydrogen) atoms. The summed E-state index contributed by atoms with van der Waals surface area (Å²) in [7, 11) is 0. The average molecular weight is 335 g/mol. The van der Waals surface area contributed by atoms with Gasteiger partial charge in [0.2, 0.25) is 0 Å². The van der Waals surface area contributed by atoms with Crippen LogP contribution in [0.4, 0.5) is 19.0 Å². The van der Waals surface area contributed by atoms with Crippen LogP contribution in [0.5, 0.6) is 5.75 Å². The predicted octanol–water partition coefficient (Wildman–Crippen LogP) is 3.05. The van der Waals surface area contributed by atoms with Crippen LogP contribution in [0.25, 0.3) is 5.65 Å². The monoisotopic (exact) mass is 335 g/mol. The summed E-state index contributed by atoms with van der Waals surface area (Å²) in [5.41, 5.74) is 0.0126. The maximum Gasteiger partial charge on any atom is 0.387 e. The molecule has 0 atom stereocenters. The Hall–Kier alpha value is -3.03. The van der Waals surface area contributed by atoms with Crippen molar-refractivity contribution in [3.8, 4) is 5.75 Å². The first kappa shape index (κ1) is 15.9. The fourth-order valence-corrected chi connectivity index (χ4v) is 2.24. The number of fused-ring (bicyclic) bond motifs is 1. The van der Waals surface area contributed by atoms with Crippen LogP contribution < -0.4 is 15.6 Å². The van der Waals surface area contributed by atoms with Gasteiger partial charge >= 0.3 is 6.61 Å². The van der Waals surface area contributed by atoms with E-state index in [-0.39, 0.29) is 29.2 Å². The summed E-state index contributed by atoms with van der Waals surface area (Å²) in [6.07, 6.45) is 1.57. The van der Waals surface area contributed by atoms with E-state index >= 15 is 0 Å². The SMILES string of the molecule is O=c1cc(NCc2c(F)cccc2OC(F)F)nc2ccccn12. The summed E-state index contributed by atoms with van der Waals surface area (Å²) in [6.45, 7) is -3.22. The van der Waals surface area contributed by atoms with E-state index in [1.807, 2.05) is 0 Å². The maximum absolute atomic E-state index is 13.9. The maximum atomic E-state index is 13.9. The molecule has 0 bridgehead atoms. The van der Waals surface area contributed by atoms with Crippen molar-refractivity contribution in [1.29, 1.82) is 0 Å². The Balaban J connectivity index is 1.87. The summed E-state index contributed by atoms with van der Waals surface area (Å²) < 4.78 is 44.3. The number of halogens is 3. The summed E-state index contributed by atoms with van der Waals surface area (Å²) >= 11 is 0. The molecule has 124 valence electrons. The van der Waals surface area contributed by atoms with Gasteiger partial charge in [0.15, 0.2) is 0 Å². The molecule has 0 fully saturated rings. The van der Waals surface area contributed by atoms with Crippen molar-refractivity contribution in [3.05, 3.63) is 70.4 Å². The first-order valence-corrected chi connectivity index (χ1v) is 6.99. The van der Waals surface area contributed by atoms with Crippen molar-refractivity contribution >= 4 is 11.5 Å². The Kier molecular flexibility index (Phi) is 4.37. The normalized spacial score (nSPS) is 11.0. The molecule has 1 N–H and O–H groups in total. The van der Waals surface area contributed by atoms with Crippen molar-refractivity contribution in [2.24, 2.45) is 0 Å². The fourth-order valence-electron chi connectivity index (χ4n) is 2.24. The Morgan fingerprint density at radius 2 is 2.04 bits per heavy atom. The minimum Gasteiger partial charge on any atom is -0.434 e. The number of rotatable bonds is 5. The minimum atomic E-state index is -3.06. The van der Waals surface area contributed by atoms with E-state index in [1.165, 1.54) is 22.6 Å². The standard InChI is InChI=1S/C16H12F3N3O2/c17-11-4-3-5-12(24-16(18)19)10(11)9-20-13-8-15(23)22-7-2-1-6-14(22)21-13/h1-8,16,20H,9H2. The van der Waals surface area contributed by atoms with Gasteiger partial charge in [0.05, 0.1) is 0 Å². The van der Waals surface area contributed by atoms with Crippen molar-refractivity contribution < 1.29 is 17.9 Å². The number of ether oxygens (including phenoxy) is 1. The molecule has 0 unspecified atom stereocenters. The molecule has 0 aliphatic heterocycles. The highest BCUT2D eigenvalue weighted by atomic mass is 19.3. The molecule has 0 amide bonds. The van der Waals surface area contributed by atoms with E-state index in [4.69, 9.17) is 0 Å². The molecule has 0 spiro atoms. The molecule has 0 saturated heterocycles. The lowest BCUT2D eigenvalue weighted by atomic mass is 10.2. The molecule has 1 aromatic carbocycles. The van der Waals surface area contributed by atoms with E-state index in [9.17, 15) is 18.0 Å². The zero-order valence-electron chi connectivity index (χ0n) is 12.2. The Bertz CT molecular complexity index is 928. The van der Waals surface area contributed by atoms with Crippen LogP contribution in [0, 0.1) is 5.82 Å². The fraction of sp³-hybridized carbons (Fsp3) is 0.125. The number of pyridine rings is 1. The molecular formula is C16H12F3N3O2. The summed E-state index contributed by atoms with van der Waals surface area (Å²) in [6, 6.07) is 9.94. The topological polar surface area (TPSA) is 55.6 Å². The highest BCUT2D eigenvalue weighted by molar-refractivity contribution is 5.47. The van der Waals surface area contributed by atoms with Crippen molar-refractivity contribution in [2.75, 3.05) is 5.32 Å². The molecule has 3 rings (SSSR count). The number of hydrogen-bond acceptors (Lipinski definition) is 4. The van der Waals surface area contributed by atoms with Crippen molar-refractivity contribution in [1.82, 2.24) is 9.38 Å². The third kappa shape index (κ3) is 3.32. The van der Waals surface area contributed by atoms with Crippen molar-refractivity contribution in [2.45, 2.75) is 13.2 Å². The average Bonchev–Trinajstić information content (AvgIpc) is 2.54. The first-order chi connectivity index (χ1) is 11.5. The molecule has 0 saturated carbocycles. The van der Waals surface area contributed by atoms with Gasteiger partial charge < -0.3 is 10.1 Å². The molecule has 8 heteroatoms. The number of nitrogens with one attached hydrogen (secondary N) is 1. The second kappa shape index (κ2) is 6.61. The van der Waals surface area contributed by atoms with Gasteiger partial charge in [0.25, 0.3) is 5.56 Å². The zero-order valence-corrected chi connectivity index (χ0v) is 12.2. The molecule has 2 aromatic heterocycles. The molecule has 0 aliphatic rings. The number of benzene rings is 1. The zero-order chi connectivity index (χ0) is 17.1. The number of hydrogen-bond donors (Lipinski definition) is 1. The van der Waals surface area contributed by atoms with E-state index in [0.717, 1.165) is 6.07 Å². The smallest absolute Gasteiger partial charge is 0.387 e. The van der Waals surface area contributed by atoms with E-state index in [2.05, 4.69) is 15.0 Å². The Morgan fingerprint density at radius 3 is 2.83 bits per heavy atom. The lowest BCUT2D eigenvalue weighted by Gasteiger charge is -2.13. The lowest BCUT2D eigenvalue weighted by Crippen LogP contribution is -2.16.